The molecule has 2 aromatic rings. The summed E-state index contributed by atoms with van der Waals surface area (Å²) in [6.07, 6.45) is 0. The van der Waals surface area contributed by atoms with Crippen LogP contribution in [0, 0.1) is 5.82 Å². The van der Waals surface area contributed by atoms with Gasteiger partial charge in [0, 0.05) is 5.69 Å². The monoisotopic (exact) mass is 280 g/mol. The molecule has 0 saturated heterocycles. The molecule has 19 heavy (non-hydrogen) atoms. The first-order valence-electron chi connectivity index (χ1n) is 5.33. The third-order valence-electron chi connectivity index (χ3n) is 2.49. The zero-order chi connectivity index (χ0) is 14.0. The summed E-state index contributed by atoms with van der Waals surface area (Å²) in [6.45, 7) is 0. The maximum atomic E-state index is 13.0. The fourth-order valence-electron chi connectivity index (χ4n) is 1.52. The quantitative estimate of drug-likeness (QED) is 0.585. The number of amides is 1. The Balaban J connectivity index is 2.26. The molecule has 0 bridgehead atoms. The summed E-state index contributed by atoms with van der Waals surface area (Å²) < 4.78 is 13.0. The number of phenolic OH excluding ortho intramolecular Hbond substituents is 1. The number of carbonyl (C=O) groups excluding carboxylic acids is 1. The third-order valence-corrected chi connectivity index (χ3v) is 2.78. The number of aromatic hydroxyl groups is 1. The largest absolute Gasteiger partial charge is 0.505 e. The number of anilines is 2. The van der Waals surface area contributed by atoms with Crippen LogP contribution in [0.4, 0.5) is 15.8 Å². The molecule has 0 radical (unpaired) electrons. The van der Waals surface area contributed by atoms with Crippen LogP contribution in [0.3, 0.4) is 0 Å². The maximum Gasteiger partial charge on any atom is 0.259 e. The first kappa shape index (κ1) is 13.2. The molecule has 0 fully saturated rings. The number of nitrogens with one attached hydrogen (secondary N) is 1. The molecule has 2 aromatic carbocycles. The van der Waals surface area contributed by atoms with Crippen molar-refractivity contribution in [3.63, 3.8) is 0 Å². The number of nitrogens with two attached hydrogens (primary N) is 1. The Labute approximate surface area is 113 Å². The number of nitrogen functional groups attached to an aromatic ring is 1. The van der Waals surface area contributed by atoms with E-state index in [-0.39, 0.29) is 22.0 Å². The molecule has 0 aromatic heterocycles. The van der Waals surface area contributed by atoms with Gasteiger partial charge in [-0.05, 0) is 30.3 Å². The van der Waals surface area contributed by atoms with E-state index in [0.717, 1.165) is 6.07 Å². The number of phenols is 1. The minimum atomic E-state index is -0.577. The fourth-order valence-corrected chi connectivity index (χ4v) is 1.70. The summed E-state index contributed by atoms with van der Waals surface area (Å²) in [5, 5.41) is 12.1. The van der Waals surface area contributed by atoms with Crippen molar-refractivity contribution in [1.29, 1.82) is 0 Å². The lowest BCUT2D eigenvalue weighted by Crippen LogP contribution is -2.12. The summed E-state index contributed by atoms with van der Waals surface area (Å²) in [6, 6.07) is 8.21. The molecule has 0 saturated carbocycles. The molecule has 0 spiro atoms. The van der Waals surface area contributed by atoms with Gasteiger partial charge in [-0.15, -0.1) is 0 Å². The van der Waals surface area contributed by atoms with Crippen molar-refractivity contribution in [2.45, 2.75) is 0 Å². The van der Waals surface area contributed by atoms with E-state index < -0.39 is 11.7 Å². The number of benzene rings is 2. The van der Waals surface area contributed by atoms with Gasteiger partial charge in [0.25, 0.3) is 5.91 Å². The van der Waals surface area contributed by atoms with Crippen LogP contribution in [0.25, 0.3) is 0 Å². The Hall–Kier alpha value is -2.27. The van der Waals surface area contributed by atoms with Crippen molar-refractivity contribution < 1.29 is 14.3 Å². The van der Waals surface area contributed by atoms with E-state index in [4.69, 9.17) is 17.3 Å². The van der Waals surface area contributed by atoms with Crippen molar-refractivity contribution in [1.82, 2.24) is 0 Å². The van der Waals surface area contributed by atoms with E-state index in [1.54, 1.807) is 6.07 Å². The van der Waals surface area contributed by atoms with Gasteiger partial charge in [0.1, 0.15) is 5.82 Å². The molecule has 0 unspecified atom stereocenters. The maximum absolute atomic E-state index is 13.0. The number of hydrogen-bond donors (Lipinski definition) is 3. The second kappa shape index (κ2) is 5.16. The molecule has 0 aliphatic carbocycles. The van der Waals surface area contributed by atoms with Crippen LogP contribution in [0.2, 0.25) is 5.02 Å². The highest BCUT2D eigenvalue weighted by Crippen LogP contribution is 2.26. The highest BCUT2D eigenvalue weighted by atomic mass is 35.5. The zero-order valence-electron chi connectivity index (χ0n) is 9.65. The molecule has 2 rings (SSSR count). The lowest BCUT2D eigenvalue weighted by Gasteiger charge is -2.08. The lowest BCUT2D eigenvalue weighted by atomic mass is 10.1. The van der Waals surface area contributed by atoms with Crippen molar-refractivity contribution in [3.8, 4) is 5.75 Å². The molecule has 0 heterocycles. The molecule has 4 nitrogen and oxygen atoms in total. The van der Waals surface area contributed by atoms with Crippen molar-refractivity contribution in [2.24, 2.45) is 0 Å². The highest BCUT2D eigenvalue weighted by molar-refractivity contribution is 6.31. The van der Waals surface area contributed by atoms with Crippen LogP contribution >= 0.6 is 11.6 Å². The molecule has 0 aliphatic heterocycles. The molecule has 1 amide bonds. The first-order chi connectivity index (χ1) is 8.99. The van der Waals surface area contributed by atoms with Crippen LogP contribution in [-0.4, -0.2) is 11.0 Å². The second-order valence-corrected chi connectivity index (χ2v) is 4.23. The van der Waals surface area contributed by atoms with Gasteiger partial charge < -0.3 is 16.2 Å². The molecule has 0 atom stereocenters. The summed E-state index contributed by atoms with van der Waals surface area (Å²) >= 11 is 5.60. The second-order valence-electron chi connectivity index (χ2n) is 3.83. The van der Waals surface area contributed by atoms with Gasteiger partial charge in [-0.2, -0.15) is 0 Å². The molecule has 6 heteroatoms. The molecule has 4 N–H and O–H groups in total. The minimum Gasteiger partial charge on any atom is -0.505 e. The van der Waals surface area contributed by atoms with Crippen LogP contribution in [-0.2, 0) is 0 Å². The van der Waals surface area contributed by atoms with Gasteiger partial charge in [-0.25, -0.2) is 4.39 Å². The number of rotatable bonds is 2. The van der Waals surface area contributed by atoms with Crippen molar-refractivity contribution in [2.75, 3.05) is 11.1 Å². The van der Waals surface area contributed by atoms with E-state index in [9.17, 15) is 14.3 Å². The van der Waals surface area contributed by atoms with E-state index >= 15 is 0 Å². The summed E-state index contributed by atoms with van der Waals surface area (Å²) in [5.74, 6) is -1.44. The molecular formula is C13H10ClFN2O2. The zero-order valence-corrected chi connectivity index (χ0v) is 10.4. The van der Waals surface area contributed by atoms with Crippen LogP contribution < -0.4 is 11.1 Å². The van der Waals surface area contributed by atoms with Crippen molar-refractivity contribution >= 4 is 28.9 Å². The smallest absolute Gasteiger partial charge is 0.259 e. The standard InChI is InChI=1S/C13H10ClFN2O2/c14-9-6-7(4-5-10(9)15)17-13(19)8-2-1-3-11(16)12(8)18/h1-6,18H,16H2,(H,17,19). The Morgan fingerprint density at radius 3 is 2.74 bits per heavy atom. The van der Waals surface area contributed by atoms with Gasteiger partial charge in [0.2, 0.25) is 0 Å². The van der Waals surface area contributed by atoms with E-state index in [1.165, 1.54) is 24.3 Å². The predicted octanol–water partition coefficient (Wildman–Crippen LogP) is 3.02. The van der Waals surface area contributed by atoms with E-state index in [1.807, 2.05) is 0 Å². The van der Waals surface area contributed by atoms with E-state index in [2.05, 4.69) is 5.32 Å². The Bertz CT molecular complexity index is 647. The number of para-hydroxylation sites is 1. The van der Waals surface area contributed by atoms with Gasteiger partial charge in [0.15, 0.2) is 5.75 Å². The molecular weight excluding hydrogens is 271 g/mol. The average molecular weight is 281 g/mol. The Kier molecular flexibility index (Phi) is 3.57. The van der Waals surface area contributed by atoms with Gasteiger partial charge in [-0.3, -0.25) is 4.79 Å². The normalized spacial score (nSPS) is 10.2. The number of carbonyl (C=O) groups is 1. The van der Waals surface area contributed by atoms with Crippen LogP contribution in [0.1, 0.15) is 10.4 Å². The van der Waals surface area contributed by atoms with Gasteiger partial charge in [-0.1, -0.05) is 17.7 Å². The summed E-state index contributed by atoms with van der Waals surface area (Å²) in [7, 11) is 0. The van der Waals surface area contributed by atoms with Crippen LogP contribution in [0.5, 0.6) is 5.75 Å². The lowest BCUT2D eigenvalue weighted by molar-refractivity contribution is 0.102. The Morgan fingerprint density at radius 1 is 1.32 bits per heavy atom. The Morgan fingerprint density at radius 2 is 2.05 bits per heavy atom. The van der Waals surface area contributed by atoms with Crippen molar-refractivity contribution in [3.05, 3.63) is 52.8 Å². The highest BCUT2D eigenvalue weighted by Gasteiger charge is 2.13. The van der Waals surface area contributed by atoms with E-state index in [0.29, 0.717) is 5.69 Å². The molecule has 0 aliphatic rings. The summed E-state index contributed by atoms with van der Waals surface area (Å²) in [5.41, 5.74) is 5.94. The predicted molar refractivity (Wildman–Crippen MR) is 71.9 cm³/mol. The minimum absolute atomic E-state index is 0.0282. The van der Waals surface area contributed by atoms with Crippen LogP contribution in [0.15, 0.2) is 36.4 Å². The summed E-state index contributed by atoms with van der Waals surface area (Å²) in [4.78, 5) is 11.9. The molecule has 98 valence electrons. The number of halogens is 2. The fraction of sp³-hybridized carbons (Fsp3) is 0. The first-order valence-corrected chi connectivity index (χ1v) is 5.70. The van der Waals surface area contributed by atoms with Gasteiger partial charge >= 0.3 is 0 Å². The third kappa shape index (κ3) is 2.77. The van der Waals surface area contributed by atoms with Gasteiger partial charge in [0.05, 0.1) is 16.3 Å². The SMILES string of the molecule is Nc1cccc(C(=O)Nc2ccc(F)c(Cl)c2)c1O. The number of hydrogen-bond acceptors (Lipinski definition) is 3. The topological polar surface area (TPSA) is 75.4 Å². The average Bonchev–Trinajstić information content (AvgIpc) is 2.37.